The van der Waals surface area contributed by atoms with Crippen molar-refractivity contribution in [3.8, 4) is 17.0 Å². The van der Waals surface area contributed by atoms with Gasteiger partial charge < -0.3 is 10.8 Å². The summed E-state index contributed by atoms with van der Waals surface area (Å²) in [6.45, 7) is 0. The van der Waals surface area contributed by atoms with E-state index in [2.05, 4.69) is 15.2 Å². The highest BCUT2D eigenvalue weighted by Crippen LogP contribution is 2.32. The van der Waals surface area contributed by atoms with Crippen LogP contribution in [0.2, 0.25) is 0 Å². The smallest absolute Gasteiger partial charge is 0.152 e. The quantitative estimate of drug-likeness (QED) is 0.773. The number of para-hydroxylation sites is 1. The molecule has 6 heteroatoms. The number of aromatic nitrogens is 3. The molecular weight excluding hydrogens is 295 g/mol. The summed E-state index contributed by atoms with van der Waals surface area (Å²) in [6, 6.07) is 11.7. The molecule has 0 aliphatic rings. The molecule has 3 rings (SSSR count). The highest BCUT2D eigenvalue weighted by Gasteiger charge is 2.18. The fraction of sp³-hybridized carbons (Fsp3) is 0.118. The van der Waals surface area contributed by atoms with Gasteiger partial charge in [-0.2, -0.15) is 0 Å². The van der Waals surface area contributed by atoms with Crippen LogP contribution in [0.25, 0.3) is 11.3 Å². The summed E-state index contributed by atoms with van der Waals surface area (Å²) in [6.07, 6.45) is 2.07. The number of nitrogen functional groups attached to an aromatic ring is 1. The summed E-state index contributed by atoms with van der Waals surface area (Å²) < 4.78 is 14.6. The number of phenolic OH excluding ortho intramolecular Hbond substituents is 1. The number of hydrogen-bond acceptors (Lipinski definition) is 5. The van der Waals surface area contributed by atoms with Crippen molar-refractivity contribution in [2.45, 2.75) is 12.6 Å². The van der Waals surface area contributed by atoms with E-state index >= 15 is 0 Å². The first kappa shape index (κ1) is 14.9. The molecule has 0 radical (unpaired) electrons. The van der Waals surface area contributed by atoms with Crippen molar-refractivity contribution in [1.82, 2.24) is 15.2 Å². The first-order valence-electron chi connectivity index (χ1n) is 7.09. The fourth-order valence-corrected chi connectivity index (χ4v) is 2.32. The van der Waals surface area contributed by atoms with E-state index in [0.717, 1.165) is 5.56 Å². The van der Waals surface area contributed by atoms with E-state index in [1.54, 1.807) is 42.7 Å². The lowest BCUT2D eigenvalue weighted by Gasteiger charge is -2.12. The van der Waals surface area contributed by atoms with Gasteiger partial charge in [-0.3, -0.25) is 4.98 Å². The molecule has 0 bridgehead atoms. The monoisotopic (exact) mass is 310 g/mol. The van der Waals surface area contributed by atoms with E-state index in [1.165, 1.54) is 12.1 Å². The van der Waals surface area contributed by atoms with Crippen LogP contribution in [0, 0.1) is 0 Å². The molecule has 1 atom stereocenters. The number of nitrogens with zero attached hydrogens (tertiary/aromatic N) is 3. The lowest BCUT2D eigenvalue weighted by Crippen LogP contribution is -2.06. The standard InChI is InChI=1S/C17H15FN4O/c18-14(9-11-5-7-20-8-6-11)13-10-15(21-22-17(13)19)12-3-1-2-4-16(12)23/h1-8,10,14,23H,9H2,(H2,19,22). The molecule has 3 N–H and O–H groups in total. The molecule has 1 unspecified atom stereocenters. The number of anilines is 1. The third-order valence-electron chi connectivity index (χ3n) is 3.54. The Kier molecular flexibility index (Phi) is 4.14. The number of rotatable bonds is 4. The van der Waals surface area contributed by atoms with E-state index in [-0.39, 0.29) is 23.6 Å². The van der Waals surface area contributed by atoms with Gasteiger partial charge in [0.1, 0.15) is 11.9 Å². The first-order valence-corrected chi connectivity index (χ1v) is 7.09. The van der Waals surface area contributed by atoms with E-state index in [0.29, 0.717) is 11.3 Å². The molecule has 0 amide bonds. The van der Waals surface area contributed by atoms with Crippen LogP contribution in [0.1, 0.15) is 17.3 Å². The molecule has 0 saturated heterocycles. The summed E-state index contributed by atoms with van der Waals surface area (Å²) in [5.74, 6) is 0.104. The molecule has 0 saturated carbocycles. The molecule has 23 heavy (non-hydrogen) atoms. The summed E-state index contributed by atoms with van der Waals surface area (Å²) in [7, 11) is 0. The Hall–Kier alpha value is -3.02. The molecule has 0 spiro atoms. The second-order valence-corrected chi connectivity index (χ2v) is 5.11. The minimum absolute atomic E-state index is 0.0470. The number of aromatic hydroxyl groups is 1. The predicted octanol–water partition coefficient (Wildman–Crippen LogP) is 3.08. The van der Waals surface area contributed by atoms with Crippen molar-refractivity contribution in [2.75, 3.05) is 5.73 Å². The second-order valence-electron chi connectivity index (χ2n) is 5.11. The molecule has 5 nitrogen and oxygen atoms in total. The average Bonchev–Trinajstić information content (AvgIpc) is 2.57. The van der Waals surface area contributed by atoms with E-state index in [4.69, 9.17) is 5.73 Å². The number of nitrogens with two attached hydrogens (primary N) is 1. The van der Waals surface area contributed by atoms with Crippen LogP contribution in [-0.2, 0) is 6.42 Å². The van der Waals surface area contributed by atoms with Gasteiger partial charge in [-0.1, -0.05) is 12.1 Å². The molecular formula is C17H15FN4O. The molecule has 0 aliphatic heterocycles. The van der Waals surface area contributed by atoms with Gasteiger partial charge in [0.05, 0.1) is 5.69 Å². The number of alkyl halides is 1. The van der Waals surface area contributed by atoms with Crippen LogP contribution in [0.15, 0.2) is 54.9 Å². The van der Waals surface area contributed by atoms with Gasteiger partial charge in [-0.05, 0) is 35.9 Å². The SMILES string of the molecule is Nc1nnc(-c2ccccc2O)cc1C(F)Cc1ccncc1. The van der Waals surface area contributed by atoms with E-state index < -0.39 is 6.17 Å². The molecule has 2 aromatic heterocycles. The zero-order valence-corrected chi connectivity index (χ0v) is 12.2. The fourth-order valence-electron chi connectivity index (χ4n) is 2.32. The zero-order valence-electron chi connectivity index (χ0n) is 12.2. The normalized spacial score (nSPS) is 12.0. The Labute approximate surface area is 132 Å². The van der Waals surface area contributed by atoms with Crippen molar-refractivity contribution in [3.05, 3.63) is 66.0 Å². The maximum absolute atomic E-state index is 14.6. The average molecular weight is 310 g/mol. The van der Waals surface area contributed by atoms with Gasteiger partial charge in [0.2, 0.25) is 0 Å². The number of phenols is 1. The molecule has 0 fully saturated rings. The minimum atomic E-state index is -1.32. The topological polar surface area (TPSA) is 84.9 Å². The Morgan fingerprint density at radius 3 is 2.57 bits per heavy atom. The zero-order chi connectivity index (χ0) is 16.2. The Morgan fingerprint density at radius 2 is 1.83 bits per heavy atom. The molecule has 3 aromatic rings. The number of benzene rings is 1. The summed E-state index contributed by atoms with van der Waals surface area (Å²) in [4.78, 5) is 3.91. The van der Waals surface area contributed by atoms with Crippen LogP contribution in [0.5, 0.6) is 5.75 Å². The second kappa shape index (κ2) is 6.39. The van der Waals surface area contributed by atoms with Crippen molar-refractivity contribution in [3.63, 3.8) is 0 Å². The number of hydrogen-bond donors (Lipinski definition) is 2. The van der Waals surface area contributed by atoms with Crippen molar-refractivity contribution in [2.24, 2.45) is 0 Å². The van der Waals surface area contributed by atoms with Gasteiger partial charge in [-0.15, -0.1) is 10.2 Å². The number of halogens is 1. The first-order chi connectivity index (χ1) is 11.1. The van der Waals surface area contributed by atoms with Crippen LogP contribution in [0.4, 0.5) is 10.2 Å². The van der Waals surface area contributed by atoms with Crippen LogP contribution in [0.3, 0.4) is 0 Å². The lowest BCUT2D eigenvalue weighted by molar-refractivity contribution is 0.342. The van der Waals surface area contributed by atoms with E-state index in [9.17, 15) is 9.50 Å². The summed E-state index contributed by atoms with van der Waals surface area (Å²) >= 11 is 0. The molecule has 0 aliphatic carbocycles. The van der Waals surface area contributed by atoms with Crippen LogP contribution < -0.4 is 5.73 Å². The Morgan fingerprint density at radius 1 is 1.09 bits per heavy atom. The van der Waals surface area contributed by atoms with Crippen molar-refractivity contribution >= 4 is 5.82 Å². The summed E-state index contributed by atoms with van der Waals surface area (Å²) in [5, 5.41) is 17.7. The van der Waals surface area contributed by atoms with Gasteiger partial charge >= 0.3 is 0 Å². The van der Waals surface area contributed by atoms with Crippen molar-refractivity contribution in [1.29, 1.82) is 0 Å². The maximum atomic E-state index is 14.6. The molecule has 2 heterocycles. The largest absolute Gasteiger partial charge is 0.507 e. The van der Waals surface area contributed by atoms with Gasteiger partial charge in [0, 0.05) is 29.9 Å². The van der Waals surface area contributed by atoms with Gasteiger partial charge in [0.15, 0.2) is 5.82 Å². The van der Waals surface area contributed by atoms with Crippen molar-refractivity contribution < 1.29 is 9.50 Å². The van der Waals surface area contributed by atoms with Gasteiger partial charge in [0.25, 0.3) is 0 Å². The van der Waals surface area contributed by atoms with Gasteiger partial charge in [-0.25, -0.2) is 4.39 Å². The lowest BCUT2D eigenvalue weighted by atomic mass is 10.0. The minimum Gasteiger partial charge on any atom is -0.507 e. The summed E-state index contributed by atoms with van der Waals surface area (Å²) in [5.41, 5.74) is 7.71. The van der Waals surface area contributed by atoms with Crippen LogP contribution in [-0.4, -0.2) is 20.3 Å². The third kappa shape index (κ3) is 3.26. The maximum Gasteiger partial charge on any atom is 0.152 e. The highest BCUT2D eigenvalue weighted by atomic mass is 19.1. The molecule has 116 valence electrons. The third-order valence-corrected chi connectivity index (χ3v) is 3.54. The van der Waals surface area contributed by atoms with E-state index in [1.807, 2.05) is 0 Å². The van der Waals surface area contributed by atoms with Crippen LogP contribution >= 0.6 is 0 Å². The predicted molar refractivity (Wildman–Crippen MR) is 85.3 cm³/mol. The highest BCUT2D eigenvalue weighted by molar-refractivity contribution is 5.67. The molecule has 1 aromatic carbocycles. The Balaban J connectivity index is 1.93. The number of pyridine rings is 1. The Bertz CT molecular complexity index is 811.